The Kier molecular flexibility index (Phi) is 4.61. The normalized spacial score (nSPS) is 11.7. The van der Waals surface area contributed by atoms with Crippen LogP contribution in [0.2, 0.25) is 5.02 Å². The van der Waals surface area contributed by atoms with E-state index >= 15 is 0 Å². The molecule has 0 spiro atoms. The lowest BCUT2D eigenvalue weighted by Crippen LogP contribution is -2.14. The first kappa shape index (κ1) is 18.5. The molecule has 28 heavy (non-hydrogen) atoms. The fourth-order valence-corrected chi connectivity index (χ4v) is 4.75. The molecule has 0 saturated heterocycles. The average Bonchev–Trinajstić information content (AvgIpc) is 3.06. The fraction of sp³-hybridized carbons (Fsp3) is 0.0952. The number of sulfonamides is 1. The molecule has 3 aromatic carbocycles. The lowest BCUT2D eigenvalue weighted by Gasteiger charge is -2.11. The highest BCUT2D eigenvalue weighted by atomic mass is 35.5. The van der Waals surface area contributed by atoms with Gasteiger partial charge in [-0.2, -0.15) is 5.10 Å². The van der Waals surface area contributed by atoms with Gasteiger partial charge in [0, 0.05) is 10.9 Å². The Morgan fingerprint density at radius 3 is 2.57 bits per heavy atom. The molecule has 0 bridgehead atoms. The van der Waals surface area contributed by atoms with E-state index in [-0.39, 0.29) is 4.90 Å². The minimum atomic E-state index is -3.69. The van der Waals surface area contributed by atoms with Gasteiger partial charge in [0.05, 0.1) is 21.1 Å². The van der Waals surface area contributed by atoms with Crippen LogP contribution in [0.15, 0.2) is 65.6 Å². The van der Waals surface area contributed by atoms with Crippen molar-refractivity contribution < 1.29 is 8.42 Å². The number of rotatable bonds is 4. The van der Waals surface area contributed by atoms with E-state index in [1.165, 1.54) is 0 Å². The maximum atomic E-state index is 12.8. The van der Waals surface area contributed by atoms with E-state index in [0.717, 1.165) is 27.7 Å². The predicted molar refractivity (Wildman–Crippen MR) is 113 cm³/mol. The number of nitrogens with one attached hydrogen (secondary N) is 2. The summed E-state index contributed by atoms with van der Waals surface area (Å²) >= 11 is 6.28. The van der Waals surface area contributed by atoms with Crippen molar-refractivity contribution in [3.63, 3.8) is 0 Å². The highest BCUT2D eigenvalue weighted by Gasteiger charge is 2.18. The number of halogens is 1. The maximum Gasteiger partial charge on any atom is 0.262 e. The van der Waals surface area contributed by atoms with E-state index < -0.39 is 10.0 Å². The van der Waals surface area contributed by atoms with Crippen molar-refractivity contribution in [2.75, 3.05) is 4.72 Å². The van der Waals surface area contributed by atoms with Crippen molar-refractivity contribution in [1.82, 2.24) is 10.2 Å². The summed E-state index contributed by atoms with van der Waals surface area (Å²) in [6.07, 6.45) is 0. The van der Waals surface area contributed by atoms with Crippen LogP contribution in [0, 0.1) is 13.8 Å². The van der Waals surface area contributed by atoms with Crippen molar-refractivity contribution in [1.29, 1.82) is 0 Å². The van der Waals surface area contributed by atoms with Crippen molar-refractivity contribution in [2.24, 2.45) is 0 Å². The van der Waals surface area contributed by atoms with Crippen molar-refractivity contribution >= 4 is 38.2 Å². The van der Waals surface area contributed by atoms with Gasteiger partial charge in [0.25, 0.3) is 10.0 Å². The molecular formula is C21H18ClN3O2S. The summed E-state index contributed by atoms with van der Waals surface area (Å²) in [6.45, 7) is 3.65. The summed E-state index contributed by atoms with van der Waals surface area (Å²) in [6, 6.07) is 18.1. The Hall–Kier alpha value is -2.83. The molecule has 0 radical (unpaired) electrons. The fourth-order valence-electron chi connectivity index (χ4n) is 3.15. The van der Waals surface area contributed by atoms with Crippen LogP contribution in [-0.4, -0.2) is 18.6 Å². The van der Waals surface area contributed by atoms with Crippen LogP contribution in [0.25, 0.3) is 22.2 Å². The van der Waals surface area contributed by atoms with E-state index in [1.54, 1.807) is 31.2 Å². The molecule has 0 aliphatic heterocycles. The summed E-state index contributed by atoms with van der Waals surface area (Å²) in [5.74, 6) is 0. The average molecular weight is 412 g/mol. The van der Waals surface area contributed by atoms with Gasteiger partial charge in [-0.25, -0.2) is 8.42 Å². The summed E-state index contributed by atoms with van der Waals surface area (Å²) < 4.78 is 28.3. The number of anilines is 1. The van der Waals surface area contributed by atoms with Crippen LogP contribution >= 0.6 is 11.6 Å². The number of aromatic nitrogens is 2. The zero-order valence-corrected chi connectivity index (χ0v) is 16.9. The molecule has 7 heteroatoms. The molecule has 4 aromatic rings. The molecule has 0 aliphatic carbocycles. The third-order valence-electron chi connectivity index (χ3n) is 4.58. The Bertz CT molecular complexity index is 1300. The number of aromatic amines is 1. The molecule has 5 nitrogen and oxygen atoms in total. The quantitative estimate of drug-likeness (QED) is 0.478. The molecule has 0 aliphatic rings. The maximum absolute atomic E-state index is 12.8. The molecule has 4 rings (SSSR count). The second kappa shape index (κ2) is 6.96. The van der Waals surface area contributed by atoms with Crippen LogP contribution < -0.4 is 4.72 Å². The van der Waals surface area contributed by atoms with E-state index in [2.05, 4.69) is 14.9 Å². The number of hydrogen-bond acceptors (Lipinski definition) is 3. The Morgan fingerprint density at radius 1 is 1.00 bits per heavy atom. The lowest BCUT2D eigenvalue weighted by atomic mass is 10.1. The first-order chi connectivity index (χ1) is 13.3. The molecule has 1 aromatic heterocycles. The minimum Gasteiger partial charge on any atom is -0.280 e. The Balaban J connectivity index is 1.72. The van der Waals surface area contributed by atoms with E-state index in [0.29, 0.717) is 16.3 Å². The summed E-state index contributed by atoms with van der Waals surface area (Å²) in [5, 5.41) is 8.79. The minimum absolute atomic E-state index is 0.272. The van der Waals surface area contributed by atoms with Gasteiger partial charge in [-0.3, -0.25) is 9.82 Å². The second-order valence-corrected chi connectivity index (χ2v) is 8.74. The largest absolute Gasteiger partial charge is 0.280 e. The SMILES string of the molecule is Cc1ccc(C)c(S(=O)(=O)Nc2ccc3c(-c4ccccc4Cl)n[nH]c3c2)c1. The number of nitrogens with zero attached hydrogens (tertiary/aromatic N) is 1. The van der Waals surface area contributed by atoms with Crippen LogP contribution in [0.4, 0.5) is 5.69 Å². The highest BCUT2D eigenvalue weighted by Crippen LogP contribution is 2.33. The van der Waals surface area contributed by atoms with Crippen LogP contribution in [-0.2, 0) is 10.0 Å². The monoisotopic (exact) mass is 411 g/mol. The molecule has 2 N–H and O–H groups in total. The van der Waals surface area contributed by atoms with Gasteiger partial charge in [0.1, 0.15) is 5.69 Å². The van der Waals surface area contributed by atoms with Gasteiger partial charge in [-0.1, -0.05) is 41.9 Å². The standard InChI is InChI=1S/C21H18ClN3O2S/c1-13-7-8-14(2)20(11-13)28(26,27)25-15-9-10-17-19(12-15)23-24-21(17)16-5-3-4-6-18(16)22/h3-12,25H,1-2H3,(H,23,24). The zero-order chi connectivity index (χ0) is 19.9. The summed E-state index contributed by atoms with van der Waals surface area (Å²) in [7, 11) is -3.69. The number of benzene rings is 3. The third-order valence-corrected chi connectivity index (χ3v) is 6.43. The molecule has 0 saturated carbocycles. The van der Waals surface area contributed by atoms with Crippen LogP contribution in [0.3, 0.4) is 0 Å². The first-order valence-electron chi connectivity index (χ1n) is 8.68. The van der Waals surface area contributed by atoms with Gasteiger partial charge < -0.3 is 0 Å². The number of fused-ring (bicyclic) bond motifs is 1. The van der Waals surface area contributed by atoms with Crippen LogP contribution in [0.1, 0.15) is 11.1 Å². The summed E-state index contributed by atoms with van der Waals surface area (Å²) in [4.78, 5) is 0.272. The Labute approximate surface area is 168 Å². The smallest absolute Gasteiger partial charge is 0.262 e. The van der Waals surface area contributed by atoms with Gasteiger partial charge >= 0.3 is 0 Å². The topological polar surface area (TPSA) is 74.8 Å². The predicted octanol–water partition coefficient (Wildman–Crippen LogP) is 5.30. The first-order valence-corrected chi connectivity index (χ1v) is 10.5. The second-order valence-electron chi connectivity index (χ2n) is 6.69. The van der Waals surface area contributed by atoms with Gasteiger partial charge in [0.15, 0.2) is 0 Å². The zero-order valence-electron chi connectivity index (χ0n) is 15.3. The number of hydrogen-bond donors (Lipinski definition) is 2. The van der Waals surface area contributed by atoms with Crippen LogP contribution in [0.5, 0.6) is 0 Å². The van der Waals surface area contributed by atoms with Gasteiger partial charge in [0.2, 0.25) is 0 Å². The number of aryl methyl sites for hydroxylation is 2. The number of H-pyrrole nitrogens is 1. The molecule has 0 fully saturated rings. The molecular weight excluding hydrogens is 394 g/mol. The molecule has 1 heterocycles. The van der Waals surface area contributed by atoms with Gasteiger partial charge in [-0.05, 0) is 55.3 Å². The van der Waals surface area contributed by atoms with E-state index in [9.17, 15) is 8.42 Å². The van der Waals surface area contributed by atoms with Crippen molar-refractivity contribution in [3.8, 4) is 11.3 Å². The molecule has 0 unspecified atom stereocenters. The van der Waals surface area contributed by atoms with Gasteiger partial charge in [-0.15, -0.1) is 0 Å². The summed E-state index contributed by atoms with van der Waals surface area (Å²) in [5.41, 5.74) is 4.31. The highest BCUT2D eigenvalue weighted by molar-refractivity contribution is 7.92. The molecule has 0 atom stereocenters. The van der Waals surface area contributed by atoms with Crippen molar-refractivity contribution in [2.45, 2.75) is 18.7 Å². The van der Waals surface area contributed by atoms with Crippen molar-refractivity contribution in [3.05, 3.63) is 76.8 Å². The Morgan fingerprint density at radius 2 is 1.79 bits per heavy atom. The van der Waals surface area contributed by atoms with E-state index in [1.807, 2.05) is 43.3 Å². The lowest BCUT2D eigenvalue weighted by molar-refractivity contribution is 0.600. The van der Waals surface area contributed by atoms with E-state index in [4.69, 9.17) is 11.6 Å². The molecule has 142 valence electrons. The molecule has 0 amide bonds. The third kappa shape index (κ3) is 3.37.